The first-order chi connectivity index (χ1) is 13.7. The highest BCUT2D eigenvalue weighted by Crippen LogP contribution is 2.27. The Morgan fingerprint density at radius 2 is 1.76 bits per heavy atom. The molecule has 0 unspecified atom stereocenters. The zero-order chi connectivity index (χ0) is 21.4. The van der Waals surface area contributed by atoms with Crippen molar-refractivity contribution in [2.24, 2.45) is 5.10 Å². The molecule has 1 N–H and O–H groups in total. The van der Waals surface area contributed by atoms with E-state index in [1.54, 1.807) is 6.21 Å². The van der Waals surface area contributed by atoms with Crippen LogP contribution < -0.4 is 15.1 Å². The van der Waals surface area contributed by atoms with Crippen LogP contribution in [0.1, 0.15) is 51.3 Å². The first-order valence-corrected chi connectivity index (χ1v) is 10.2. The molecule has 5 heteroatoms. The van der Waals surface area contributed by atoms with Crippen LogP contribution in [0.3, 0.4) is 0 Å². The summed E-state index contributed by atoms with van der Waals surface area (Å²) in [7, 11) is 0. The van der Waals surface area contributed by atoms with Crippen molar-refractivity contribution in [1.29, 1.82) is 0 Å². The van der Waals surface area contributed by atoms with E-state index in [-0.39, 0.29) is 17.9 Å². The predicted octanol–water partition coefficient (Wildman–Crippen LogP) is 4.67. The van der Waals surface area contributed by atoms with Gasteiger partial charge in [-0.15, -0.1) is 0 Å². The standard InChI is InChI=1S/C24H33N3O2/c1-7-27(8-2)21-12-9-19(10-13-21)16-25-26-23(28)17-29-22-14-11-20(15-18(22)3)24(4,5)6/h9-16H,7-8,17H2,1-6H3,(H,26,28)/b25-16-. The summed E-state index contributed by atoms with van der Waals surface area (Å²) in [5.41, 5.74) is 6.95. The lowest BCUT2D eigenvalue weighted by Crippen LogP contribution is -2.25. The molecular formula is C24H33N3O2. The number of carbonyl (C=O) groups excluding carboxylic acids is 1. The lowest BCUT2D eigenvalue weighted by Gasteiger charge is -2.20. The van der Waals surface area contributed by atoms with Crippen LogP contribution in [0.2, 0.25) is 0 Å². The van der Waals surface area contributed by atoms with Gasteiger partial charge in [0.1, 0.15) is 5.75 Å². The molecule has 0 heterocycles. The number of carbonyl (C=O) groups is 1. The van der Waals surface area contributed by atoms with Crippen LogP contribution in [0.15, 0.2) is 47.6 Å². The van der Waals surface area contributed by atoms with E-state index in [1.807, 2.05) is 31.2 Å². The first kappa shape index (κ1) is 22.5. The third-order valence-electron chi connectivity index (χ3n) is 4.82. The molecule has 2 aromatic rings. The minimum Gasteiger partial charge on any atom is -0.483 e. The largest absolute Gasteiger partial charge is 0.483 e. The second-order valence-electron chi connectivity index (χ2n) is 8.08. The first-order valence-electron chi connectivity index (χ1n) is 10.2. The van der Waals surface area contributed by atoms with Crippen molar-refractivity contribution in [2.45, 2.75) is 47.0 Å². The van der Waals surface area contributed by atoms with Crippen molar-refractivity contribution < 1.29 is 9.53 Å². The van der Waals surface area contributed by atoms with E-state index in [2.05, 4.69) is 68.2 Å². The van der Waals surface area contributed by atoms with Crippen LogP contribution >= 0.6 is 0 Å². The van der Waals surface area contributed by atoms with E-state index < -0.39 is 0 Å². The van der Waals surface area contributed by atoms with Gasteiger partial charge in [-0.25, -0.2) is 5.43 Å². The lowest BCUT2D eigenvalue weighted by molar-refractivity contribution is -0.123. The summed E-state index contributed by atoms with van der Waals surface area (Å²) < 4.78 is 5.64. The summed E-state index contributed by atoms with van der Waals surface area (Å²) in [6.07, 6.45) is 1.63. The molecule has 0 spiro atoms. The van der Waals surface area contributed by atoms with Crippen LogP contribution in [0.5, 0.6) is 5.75 Å². The van der Waals surface area contributed by atoms with Crippen molar-refractivity contribution >= 4 is 17.8 Å². The van der Waals surface area contributed by atoms with Crippen LogP contribution in [0.4, 0.5) is 5.69 Å². The summed E-state index contributed by atoms with van der Waals surface area (Å²) in [5.74, 6) is 0.421. The van der Waals surface area contributed by atoms with E-state index in [4.69, 9.17) is 4.74 Å². The van der Waals surface area contributed by atoms with E-state index in [0.717, 1.165) is 24.2 Å². The molecule has 2 rings (SSSR count). The smallest absolute Gasteiger partial charge is 0.277 e. The van der Waals surface area contributed by atoms with E-state index >= 15 is 0 Å². The molecule has 0 aliphatic heterocycles. The van der Waals surface area contributed by atoms with Gasteiger partial charge in [0.15, 0.2) is 6.61 Å². The van der Waals surface area contributed by atoms with Crippen molar-refractivity contribution in [3.05, 3.63) is 59.2 Å². The number of nitrogens with zero attached hydrogens (tertiary/aromatic N) is 2. The zero-order valence-electron chi connectivity index (χ0n) is 18.5. The number of rotatable bonds is 8. The summed E-state index contributed by atoms with van der Waals surface area (Å²) >= 11 is 0. The molecule has 0 aromatic heterocycles. The molecule has 0 fully saturated rings. The van der Waals surface area contributed by atoms with Gasteiger partial charge in [-0.1, -0.05) is 45.0 Å². The Labute approximate surface area is 174 Å². The fourth-order valence-corrected chi connectivity index (χ4v) is 2.99. The van der Waals surface area contributed by atoms with Gasteiger partial charge < -0.3 is 9.64 Å². The summed E-state index contributed by atoms with van der Waals surface area (Å²) in [4.78, 5) is 14.3. The van der Waals surface area contributed by atoms with Crippen LogP contribution in [-0.2, 0) is 10.2 Å². The van der Waals surface area contributed by atoms with E-state index in [1.165, 1.54) is 11.3 Å². The van der Waals surface area contributed by atoms with Crippen LogP contribution in [-0.4, -0.2) is 31.8 Å². The second kappa shape index (κ2) is 10.1. The van der Waals surface area contributed by atoms with Gasteiger partial charge in [-0.05, 0) is 61.1 Å². The molecule has 0 saturated carbocycles. The van der Waals surface area contributed by atoms with Crippen LogP contribution in [0, 0.1) is 6.92 Å². The molecule has 2 aromatic carbocycles. The monoisotopic (exact) mass is 395 g/mol. The number of amides is 1. The number of hydrazone groups is 1. The van der Waals surface area contributed by atoms with E-state index in [0.29, 0.717) is 5.75 Å². The van der Waals surface area contributed by atoms with Crippen molar-refractivity contribution in [3.8, 4) is 5.75 Å². The molecule has 0 aliphatic rings. The Morgan fingerprint density at radius 3 is 2.31 bits per heavy atom. The maximum absolute atomic E-state index is 12.0. The molecular weight excluding hydrogens is 362 g/mol. The maximum Gasteiger partial charge on any atom is 0.277 e. The second-order valence-corrected chi connectivity index (χ2v) is 8.08. The Balaban J connectivity index is 1.85. The van der Waals surface area contributed by atoms with E-state index in [9.17, 15) is 4.79 Å². The molecule has 1 amide bonds. The predicted molar refractivity (Wildman–Crippen MR) is 121 cm³/mol. The average molecular weight is 396 g/mol. The maximum atomic E-state index is 12.0. The van der Waals surface area contributed by atoms with Gasteiger partial charge in [-0.3, -0.25) is 4.79 Å². The fraction of sp³-hybridized carbons (Fsp3) is 0.417. The number of aryl methyl sites for hydroxylation is 1. The number of hydrogen-bond acceptors (Lipinski definition) is 4. The third-order valence-corrected chi connectivity index (χ3v) is 4.82. The Bertz CT molecular complexity index is 832. The minimum absolute atomic E-state index is 0.0755. The highest BCUT2D eigenvalue weighted by atomic mass is 16.5. The van der Waals surface area contributed by atoms with Gasteiger partial charge in [0.05, 0.1) is 6.21 Å². The van der Waals surface area contributed by atoms with Crippen LogP contribution in [0.25, 0.3) is 0 Å². The SMILES string of the molecule is CCN(CC)c1ccc(/C=N\NC(=O)COc2ccc(C(C)(C)C)cc2C)cc1. The number of ether oxygens (including phenoxy) is 1. The summed E-state index contributed by atoms with van der Waals surface area (Å²) in [5, 5.41) is 4.02. The molecule has 156 valence electrons. The Hall–Kier alpha value is -2.82. The number of benzene rings is 2. The fourth-order valence-electron chi connectivity index (χ4n) is 2.99. The topological polar surface area (TPSA) is 53.9 Å². The van der Waals surface area contributed by atoms with Crippen molar-refractivity contribution in [3.63, 3.8) is 0 Å². The molecule has 0 bridgehead atoms. The number of anilines is 1. The van der Waals surface area contributed by atoms with Gasteiger partial charge in [0.25, 0.3) is 5.91 Å². The minimum atomic E-state index is -0.291. The van der Waals surface area contributed by atoms with Gasteiger partial charge in [-0.2, -0.15) is 5.10 Å². The lowest BCUT2D eigenvalue weighted by atomic mass is 9.86. The normalized spacial score (nSPS) is 11.5. The number of nitrogens with one attached hydrogen (secondary N) is 1. The quantitative estimate of drug-likeness (QED) is 0.522. The molecule has 29 heavy (non-hydrogen) atoms. The molecule has 0 saturated heterocycles. The molecule has 0 aliphatic carbocycles. The third kappa shape index (κ3) is 6.63. The van der Waals surface area contributed by atoms with Gasteiger partial charge in [0.2, 0.25) is 0 Å². The summed E-state index contributed by atoms with van der Waals surface area (Å²) in [6.45, 7) is 14.6. The van der Waals surface area contributed by atoms with Gasteiger partial charge in [0, 0.05) is 18.8 Å². The molecule has 0 radical (unpaired) electrons. The molecule has 5 nitrogen and oxygen atoms in total. The zero-order valence-corrected chi connectivity index (χ0v) is 18.5. The average Bonchev–Trinajstić information content (AvgIpc) is 2.68. The number of hydrogen-bond donors (Lipinski definition) is 1. The molecule has 0 atom stereocenters. The van der Waals surface area contributed by atoms with Gasteiger partial charge >= 0.3 is 0 Å². The van der Waals surface area contributed by atoms with Crippen molar-refractivity contribution in [1.82, 2.24) is 5.43 Å². The van der Waals surface area contributed by atoms with Crippen molar-refractivity contribution in [2.75, 3.05) is 24.6 Å². The Kier molecular flexibility index (Phi) is 7.82. The highest BCUT2D eigenvalue weighted by molar-refractivity contribution is 5.83. The summed E-state index contributed by atoms with van der Waals surface area (Å²) in [6, 6.07) is 14.2. The Morgan fingerprint density at radius 1 is 1.10 bits per heavy atom. The highest BCUT2D eigenvalue weighted by Gasteiger charge is 2.15.